The van der Waals surface area contributed by atoms with Gasteiger partial charge in [0.25, 0.3) is 0 Å². The fourth-order valence-corrected chi connectivity index (χ4v) is 4.23. The molecule has 0 fully saturated rings. The number of thiazole rings is 1. The van der Waals surface area contributed by atoms with Crippen LogP contribution in [0.15, 0.2) is 21.5 Å². The largest absolute Gasteiger partial charge is 0.334 e. The van der Waals surface area contributed by atoms with E-state index in [-0.39, 0.29) is 9.37 Å². The van der Waals surface area contributed by atoms with Crippen molar-refractivity contribution < 1.29 is 12.3 Å². The molecule has 2 rings (SSSR count). The first-order valence-electron chi connectivity index (χ1n) is 3.90. The first-order chi connectivity index (χ1) is 6.89. The van der Waals surface area contributed by atoms with Crippen LogP contribution in [0.2, 0.25) is 0 Å². The maximum atomic E-state index is 13.0. The van der Waals surface area contributed by atoms with Crippen LogP contribution in [-0.2, 0) is 10.2 Å². The zero-order valence-electron chi connectivity index (χ0n) is 7.49. The Balaban J connectivity index is 2.98. The third-order valence-corrected chi connectivity index (χ3v) is 4.78. The monoisotopic (exact) mass is 309 g/mol. The molecular weight excluding hydrogens is 305 g/mol. The highest BCUT2D eigenvalue weighted by atomic mass is 79.9. The number of aromatic nitrogens is 1. The summed E-state index contributed by atoms with van der Waals surface area (Å²) in [5.41, 5.74) is 0.497. The normalized spacial score (nSPS) is 12.2. The van der Waals surface area contributed by atoms with Crippen LogP contribution in [0.4, 0.5) is 3.89 Å². The Morgan fingerprint density at radius 1 is 1.47 bits per heavy atom. The lowest BCUT2D eigenvalue weighted by Gasteiger charge is -1.99. The Hall–Kier alpha value is -0.530. The highest BCUT2D eigenvalue weighted by molar-refractivity contribution is 9.10. The summed E-state index contributed by atoms with van der Waals surface area (Å²) in [5, 5.41) is 0.702. The molecule has 2 aromatic rings. The van der Waals surface area contributed by atoms with Crippen molar-refractivity contribution in [2.45, 2.75) is 11.8 Å². The average Bonchev–Trinajstić information content (AvgIpc) is 2.41. The van der Waals surface area contributed by atoms with E-state index in [1.807, 2.05) is 0 Å². The van der Waals surface area contributed by atoms with Crippen molar-refractivity contribution in [1.29, 1.82) is 0 Å². The van der Waals surface area contributed by atoms with Crippen molar-refractivity contribution in [2.24, 2.45) is 0 Å². The molecule has 0 saturated heterocycles. The molecule has 3 nitrogen and oxygen atoms in total. The summed E-state index contributed by atoms with van der Waals surface area (Å²) in [6.07, 6.45) is 0. The van der Waals surface area contributed by atoms with Gasteiger partial charge >= 0.3 is 10.2 Å². The fraction of sp³-hybridized carbons (Fsp3) is 0.125. The van der Waals surface area contributed by atoms with Gasteiger partial charge in [0.2, 0.25) is 0 Å². The second kappa shape index (κ2) is 3.50. The molecular formula is C8H5BrFNO2S2. The molecule has 0 unspecified atom stereocenters. The van der Waals surface area contributed by atoms with Crippen molar-refractivity contribution >= 4 is 47.7 Å². The van der Waals surface area contributed by atoms with Crippen LogP contribution in [0, 0.1) is 6.92 Å². The Morgan fingerprint density at radius 2 is 2.13 bits per heavy atom. The first-order valence-corrected chi connectivity index (χ1v) is 6.89. The lowest BCUT2D eigenvalue weighted by Crippen LogP contribution is -1.93. The molecule has 0 atom stereocenters. The van der Waals surface area contributed by atoms with Gasteiger partial charge in [-0.15, -0.1) is 15.2 Å². The summed E-state index contributed by atoms with van der Waals surface area (Å²) in [7, 11) is -4.72. The Labute approximate surface area is 98.3 Å². The van der Waals surface area contributed by atoms with Gasteiger partial charge in [0.1, 0.15) is 4.90 Å². The summed E-state index contributed by atoms with van der Waals surface area (Å²) < 4.78 is 35.5. The van der Waals surface area contributed by atoms with Crippen molar-refractivity contribution in [3.63, 3.8) is 0 Å². The van der Waals surface area contributed by atoms with Crippen molar-refractivity contribution in [3.05, 3.63) is 21.6 Å². The minimum atomic E-state index is -4.72. The molecule has 80 valence electrons. The molecule has 0 aliphatic carbocycles. The number of nitrogens with zero attached hydrogens (tertiary/aromatic N) is 1. The van der Waals surface area contributed by atoms with Crippen LogP contribution in [0.5, 0.6) is 0 Å². The van der Waals surface area contributed by atoms with Gasteiger partial charge in [0.05, 0.1) is 15.2 Å². The quantitative estimate of drug-likeness (QED) is 0.761. The minimum absolute atomic E-state index is 0.223. The maximum Gasteiger partial charge on any atom is 0.334 e. The number of benzene rings is 1. The molecule has 0 spiro atoms. The third kappa shape index (κ3) is 1.91. The molecule has 0 aliphatic heterocycles. The summed E-state index contributed by atoms with van der Waals surface area (Å²) >= 11 is 4.18. The molecule has 0 bridgehead atoms. The number of fused-ring (bicyclic) bond motifs is 1. The van der Waals surface area contributed by atoms with Gasteiger partial charge in [-0.05, 0) is 35.0 Å². The van der Waals surface area contributed by atoms with E-state index >= 15 is 0 Å². The van der Waals surface area contributed by atoms with E-state index in [1.165, 1.54) is 6.07 Å². The number of rotatable bonds is 1. The highest BCUT2D eigenvalue weighted by Gasteiger charge is 2.21. The first kappa shape index (κ1) is 11.0. The van der Waals surface area contributed by atoms with E-state index in [0.717, 1.165) is 11.3 Å². The SMILES string of the molecule is Cc1nc2ccc(Br)c(S(=O)(=O)F)c2s1. The zero-order valence-corrected chi connectivity index (χ0v) is 10.7. The Bertz CT molecular complexity index is 635. The van der Waals surface area contributed by atoms with Gasteiger partial charge in [0, 0.05) is 4.47 Å². The van der Waals surface area contributed by atoms with Gasteiger partial charge in [-0.25, -0.2) is 4.98 Å². The van der Waals surface area contributed by atoms with Crippen molar-refractivity contribution in [1.82, 2.24) is 4.98 Å². The Morgan fingerprint density at radius 3 is 2.73 bits per heavy atom. The second-order valence-corrected chi connectivity index (χ2v) is 6.24. The third-order valence-electron chi connectivity index (χ3n) is 1.81. The smallest absolute Gasteiger partial charge is 0.241 e. The van der Waals surface area contributed by atoms with Crippen molar-refractivity contribution in [2.75, 3.05) is 0 Å². The Kier molecular flexibility index (Phi) is 2.56. The minimum Gasteiger partial charge on any atom is -0.241 e. The lowest BCUT2D eigenvalue weighted by molar-refractivity contribution is 0.553. The predicted octanol–water partition coefficient (Wildman–Crippen LogP) is 3.03. The van der Waals surface area contributed by atoms with Crippen LogP contribution in [-0.4, -0.2) is 13.4 Å². The molecule has 0 aliphatic rings. The van der Waals surface area contributed by atoms with Crippen LogP contribution in [0.1, 0.15) is 5.01 Å². The van der Waals surface area contributed by atoms with Crippen LogP contribution in [0.3, 0.4) is 0 Å². The molecule has 0 amide bonds. The average molecular weight is 310 g/mol. The van der Waals surface area contributed by atoms with Crippen LogP contribution < -0.4 is 0 Å². The van der Waals surface area contributed by atoms with E-state index in [4.69, 9.17) is 0 Å². The summed E-state index contributed by atoms with van der Waals surface area (Å²) in [6, 6.07) is 3.13. The van der Waals surface area contributed by atoms with Gasteiger partial charge in [0.15, 0.2) is 0 Å². The van der Waals surface area contributed by atoms with Crippen molar-refractivity contribution in [3.8, 4) is 0 Å². The number of hydrogen-bond acceptors (Lipinski definition) is 4. The van der Waals surface area contributed by atoms with E-state index in [1.54, 1.807) is 13.0 Å². The zero-order chi connectivity index (χ0) is 11.2. The van der Waals surface area contributed by atoms with Gasteiger partial charge < -0.3 is 0 Å². The number of aryl methyl sites for hydroxylation is 1. The van der Waals surface area contributed by atoms with Gasteiger partial charge in [-0.3, -0.25) is 0 Å². The van der Waals surface area contributed by atoms with E-state index in [9.17, 15) is 12.3 Å². The maximum absolute atomic E-state index is 13.0. The predicted molar refractivity (Wildman–Crippen MR) is 60.4 cm³/mol. The summed E-state index contributed by atoms with van der Waals surface area (Å²) in [5.74, 6) is 0. The second-order valence-electron chi connectivity index (χ2n) is 2.90. The van der Waals surface area contributed by atoms with E-state index in [2.05, 4.69) is 20.9 Å². The topological polar surface area (TPSA) is 47.0 Å². The lowest BCUT2D eigenvalue weighted by atomic mass is 10.3. The summed E-state index contributed by atoms with van der Waals surface area (Å²) in [6.45, 7) is 1.74. The summed E-state index contributed by atoms with van der Waals surface area (Å²) in [4.78, 5) is 3.77. The molecule has 1 aromatic carbocycles. The molecule has 0 saturated carbocycles. The van der Waals surface area contributed by atoms with Crippen LogP contribution >= 0.6 is 27.3 Å². The standard InChI is InChI=1S/C8H5BrFNO2S2/c1-4-11-6-3-2-5(9)8(7(6)14-4)15(10,12)13/h2-3H,1H3. The van der Waals surface area contributed by atoms with E-state index in [0.29, 0.717) is 15.2 Å². The van der Waals surface area contributed by atoms with Gasteiger partial charge in [-0.2, -0.15) is 8.42 Å². The molecule has 1 aromatic heterocycles. The fourth-order valence-electron chi connectivity index (χ4n) is 1.28. The molecule has 0 N–H and O–H groups in total. The van der Waals surface area contributed by atoms with E-state index < -0.39 is 10.2 Å². The molecule has 7 heteroatoms. The highest BCUT2D eigenvalue weighted by Crippen LogP contribution is 2.35. The molecule has 15 heavy (non-hydrogen) atoms. The molecule has 1 heterocycles. The van der Waals surface area contributed by atoms with Crippen LogP contribution in [0.25, 0.3) is 10.2 Å². The number of hydrogen-bond donors (Lipinski definition) is 0. The van der Waals surface area contributed by atoms with Gasteiger partial charge in [-0.1, -0.05) is 0 Å². The molecule has 0 radical (unpaired) electrons. The number of halogens is 2.